The van der Waals surface area contributed by atoms with E-state index in [4.69, 9.17) is 23.2 Å². The van der Waals surface area contributed by atoms with Crippen molar-refractivity contribution in [3.8, 4) is 0 Å². The van der Waals surface area contributed by atoms with Gasteiger partial charge < -0.3 is 19.7 Å². The van der Waals surface area contributed by atoms with Crippen molar-refractivity contribution in [2.45, 2.75) is 25.9 Å². The highest BCUT2D eigenvalue weighted by Gasteiger charge is 2.47. The summed E-state index contributed by atoms with van der Waals surface area (Å²) in [6, 6.07) is 9.36. The molecule has 10 heteroatoms. The molecule has 0 bridgehead atoms. The van der Waals surface area contributed by atoms with Gasteiger partial charge in [-0.3, -0.25) is 14.4 Å². The second-order valence-corrected chi connectivity index (χ2v) is 10.1. The fourth-order valence-electron chi connectivity index (χ4n) is 5.26. The first-order valence-electron chi connectivity index (χ1n) is 11.8. The molecule has 0 radical (unpaired) electrons. The van der Waals surface area contributed by atoms with E-state index in [1.54, 1.807) is 32.9 Å². The van der Waals surface area contributed by atoms with E-state index in [9.17, 15) is 18.8 Å². The SMILES string of the molecule is CC(=O)N1CCN(C(=O)C2CC(=O)N(Cc3ccc(Cl)c(F)c3)C2c2c[nH]c3cc(Cl)ccc23)CC1. The lowest BCUT2D eigenvalue weighted by Crippen LogP contribution is -2.52. The van der Waals surface area contributed by atoms with Gasteiger partial charge in [0.15, 0.2) is 0 Å². The minimum atomic E-state index is -0.617. The van der Waals surface area contributed by atoms with Gasteiger partial charge in [0.2, 0.25) is 17.7 Å². The van der Waals surface area contributed by atoms with E-state index < -0.39 is 17.8 Å². The number of H-pyrrole nitrogens is 1. The van der Waals surface area contributed by atoms with Crippen LogP contribution in [-0.4, -0.2) is 63.6 Å². The topological polar surface area (TPSA) is 76.7 Å². The molecule has 5 rings (SSSR count). The summed E-state index contributed by atoms with van der Waals surface area (Å²) in [4.78, 5) is 47.1. The molecular formula is C26H25Cl2FN4O3. The van der Waals surface area contributed by atoms with Crippen molar-refractivity contribution < 1.29 is 18.8 Å². The van der Waals surface area contributed by atoms with Crippen LogP contribution in [0.5, 0.6) is 0 Å². The monoisotopic (exact) mass is 530 g/mol. The first-order chi connectivity index (χ1) is 17.2. The molecule has 2 unspecified atom stereocenters. The lowest BCUT2D eigenvalue weighted by atomic mass is 9.91. The molecule has 2 atom stereocenters. The number of carbonyl (C=O) groups is 3. The number of piperazine rings is 1. The van der Waals surface area contributed by atoms with E-state index >= 15 is 0 Å². The Kier molecular flexibility index (Phi) is 6.66. The first kappa shape index (κ1) is 24.6. The van der Waals surface area contributed by atoms with E-state index in [0.717, 1.165) is 16.5 Å². The minimum absolute atomic E-state index is 0.00862. The molecule has 2 fully saturated rings. The summed E-state index contributed by atoms with van der Waals surface area (Å²) >= 11 is 12.0. The van der Waals surface area contributed by atoms with Crippen molar-refractivity contribution in [3.63, 3.8) is 0 Å². The summed E-state index contributed by atoms with van der Waals surface area (Å²) in [6.07, 6.45) is 1.86. The number of aromatic nitrogens is 1. The second-order valence-electron chi connectivity index (χ2n) is 9.29. The average molecular weight is 531 g/mol. The van der Waals surface area contributed by atoms with Crippen LogP contribution in [0.4, 0.5) is 4.39 Å². The van der Waals surface area contributed by atoms with Crippen LogP contribution >= 0.6 is 23.2 Å². The van der Waals surface area contributed by atoms with E-state index in [0.29, 0.717) is 36.8 Å². The van der Waals surface area contributed by atoms with Gasteiger partial charge in [-0.05, 0) is 29.8 Å². The lowest BCUT2D eigenvalue weighted by molar-refractivity contribution is -0.142. The number of hydrogen-bond donors (Lipinski definition) is 1. The minimum Gasteiger partial charge on any atom is -0.361 e. The molecule has 2 aromatic carbocycles. The van der Waals surface area contributed by atoms with Crippen LogP contribution in [0.15, 0.2) is 42.6 Å². The van der Waals surface area contributed by atoms with Crippen molar-refractivity contribution in [3.05, 3.63) is 69.6 Å². The van der Waals surface area contributed by atoms with Crippen LogP contribution in [0.1, 0.15) is 30.5 Å². The molecule has 2 saturated heterocycles. The van der Waals surface area contributed by atoms with Crippen LogP contribution in [0.25, 0.3) is 10.9 Å². The average Bonchev–Trinajstić information content (AvgIpc) is 3.41. The van der Waals surface area contributed by atoms with Crippen molar-refractivity contribution in [2.75, 3.05) is 26.2 Å². The molecule has 1 aromatic heterocycles. The number of amides is 3. The number of nitrogens with zero attached hydrogens (tertiary/aromatic N) is 3. The summed E-state index contributed by atoms with van der Waals surface area (Å²) < 4.78 is 14.2. The second kappa shape index (κ2) is 9.75. The maximum Gasteiger partial charge on any atom is 0.228 e. The van der Waals surface area contributed by atoms with Crippen molar-refractivity contribution >= 4 is 51.8 Å². The quantitative estimate of drug-likeness (QED) is 0.543. The molecule has 3 heterocycles. The number of likely N-dealkylation sites (tertiary alicyclic amines) is 1. The van der Waals surface area contributed by atoms with Crippen LogP contribution < -0.4 is 0 Å². The number of halogens is 3. The summed E-state index contributed by atoms with van der Waals surface area (Å²) in [5, 5.41) is 1.45. The summed E-state index contributed by atoms with van der Waals surface area (Å²) in [5.74, 6) is -1.50. The van der Waals surface area contributed by atoms with Gasteiger partial charge in [0, 0.05) is 73.8 Å². The van der Waals surface area contributed by atoms with Crippen LogP contribution in [0.2, 0.25) is 10.0 Å². The smallest absolute Gasteiger partial charge is 0.228 e. The van der Waals surface area contributed by atoms with Gasteiger partial charge >= 0.3 is 0 Å². The van der Waals surface area contributed by atoms with E-state index in [1.807, 2.05) is 12.3 Å². The number of rotatable bonds is 4. The third-order valence-corrected chi connectivity index (χ3v) is 7.66. The van der Waals surface area contributed by atoms with Gasteiger partial charge in [-0.1, -0.05) is 35.3 Å². The Morgan fingerprint density at radius 1 is 1.06 bits per heavy atom. The third-order valence-electron chi connectivity index (χ3n) is 7.12. The third kappa shape index (κ3) is 4.55. The maximum absolute atomic E-state index is 14.2. The molecule has 3 aromatic rings. The predicted molar refractivity (Wildman–Crippen MR) is 135 cm³/mol. The summed E-state index contributed by atoms with van der Waals surface area (Å²) in [7, 11) is 0. The number of nitrogens with one attached hydrogen (secondary N) is 1. The molecule has 0 saturated carbocycles. The van der Waals surface area contributed by atoms with Crippen molar-refractivity contribution in [2.24, 2.45) is 5.92 Å². The van der Waals surface area contributed by atoms with E-state index in [1.165, 1.54) is 19.1 Å². The molecule has 3 amide bonds. The highest BCUT2D eigenvalue weighted by molar-refractivity contribution is 6.31. The fourth-order valence-corrected chi connectivity index (χ4v) is 5.55. The molecule has 1 N–H and O–H groups in total. The highest BCUT2D eigenvalue weighted by atomic mass is 35.5. The lowest BCUT2D eigenvalue weighted by Gasteiger charge is -2.37. The molecule has 7 nitrogen and oxygen atoms in total. The van der Waals surface area contributed by atoms with Gasteiger partial charge in [-0.25, -0.2) is 4.39 Å². The molecule has 36 heavy (non-hydrogen) atoms. The number of benzene rings is 2. The standard InChI is InChI=1S/C26H25Cl2FN4O3/c1-15(34)31-6-8-32(9-7-31)26(36)19-12-24(35)33(14-16-2-5-21(28)22(29)10-16)25(19)20-13-30-23-11-17(27)3-4-18(20)23/h2-5,10-11,13,19,25,30H,6-9,12,14H2,1H3. The Morgan fingerprint density at radius 2 is 1.78 bits per heavy atom. The molecule has 0 spiro atoms. The van der Waals surface area contributed by atoms with E-state index in [-0.39, 0.29) is 35.7 Å². The highest BCUT2D eigenvalue weighted by Crippen LogP contribution is 2.43. The summed E-state index contributed by atoms with van der Waals surface area (Å²) in [5.41, 5.74) is 2.19. The van der Waals surface area contributed by atoms with Crippen molar-refractivity contribution in [1.29, 1.82) is 0 Å². The van der Waals surface area contributed by atoms with Crippen LogP contribution in [0, 0.1) is 11.7 Å². The molecule has 2 aliphatic heterocycles. The maximum atomic E-state index is 14.2. The Bertz CT molecular complexity index is 1350. The van der Waals surface area contributed by atoms with Crippen molar-refractivity contribution in [1.82, 2.24) is 19.7 Å². The molecular weight excluding hydrogens is 506 g/mol. The molecule has 188 valence electrons. The first-order valence-corrected chi connectivity index (χ1v) is 12.5. The zero-order valence-corrected chi connectivity index (χ0v) is 21.2. The normalized spacial score (nSPS) is 20.4. The van der Waals surface area contributed by atoms with Gasteiger partial charge in [0.05, 0.1) is 17.0 Å². The number of hydrogen-bond acceptors (Lipinski definition) is 3. The number of carbonyl (C=O) groups excluding carboxylic acids is 3. The number of fused-ring (bicyclic) bond motifs is 1. The largest absolute Gasteiger partial charge is 0.361 e. The zero-order chi connectivity index (χ0) is 25.6. The summed E-state index contributed by atoms with van der Waals surface area (Å²) in [6.45, 7) is 3.42. The van der Waals surface area contributed by atoms with Crippen LogP contribution in [0.3, 0.4) is 0 Å². The van der Waals surface area contributed by atoms with Gasteiger partial charge in [0.25, 0.3) is 0 Å². The fraction of sp³-hybridized carbons (Fsp3) is 0.346. The van der Waals surface area contributed by atoms with Gasteiger partial charge in [-0.2, -0.15) is 0 Å². The predicted octanol–water partition coefficient (Wildman–Crippen LogP) is 4.39. The van der Waals surface area contributed by atoms with E-state index in [2.05, 4.69) is 4.98 Å². The Labute approximate surface area is 217 Å². The zero-order valence-electron chi connectivity index (χ0n) is 19.6. The Balaban J connectivity index is 1.50. The number of aromatic amines is 1. The molecule has 0 aliphatic carbocycles. The Hall–Kier alpha value is -3.10. The van der Waals surface area contributed by atoms with Gasteiger partial charge in [-0.15, -0.1) is 0 Å². The van der Waals surface area contributed by atoms with Gasteiger partial charge in [0.1, 0.15) is 5.82 Å². The van der Waals surface area contributed by atoms with Crippen LogP contribution in [-0.2, 0) is 20.9 Å². The molecule has 2 aliphatic rings. The Morgan fingerprint density at radius 3 is 2.47 bits per heavy atom.